The Labute approximate surface area is 149 Å². The van der Waals surface area contributed by atoms with Crippen LogP contribution in [0.4, 0.5) is 8.78 Å². The smallest absolute Gasteiger partial charge is 0.295 e. The van der Waals surface area contributed by atoms with Crippen molar-refractivity contribution in [2.45, 2.75) is 13.3 Å². The van der Waals surface area contributed by atoms with E-state index in [1.54, 1.807) is 17.0 Å². The molecule has 0 atom stereocenters. The number of nitrogens with one attached hydrogen (secondary N) is 2. The predicted molar refractivity (Wildman–Crippen MR) is 92.1 cm³/mol. The summed E-state index contributed by atoms with van der Waals surface area (Å²) in [6.45, 7) is 5.80. The first kappa shape index (κ1) is 18.2. The van der Waals surface area contributed by atoms with Gasteiger partial charge in [-0.25, -0.2) is 13.8 Å². The Hall–Kier alpha value is -2.55. The third-order valence-corrected chi connectivity index (χ3v) is 4.55. The first-order valence-corrected chi connectivity index (χ1v) is 8.54. The molecule has 1 saturated heterocycles. The summed E-state index contributed by atoms with van der Waals surface area (Å²) in [5, 5.41) is 2.57. The number of imidazole rings is 1. The van der Waals surface area contributed by atoms with Crippen LogP contribution in [0.25, 0.3) is 11.0 Å². The second-order valence-electron chi connectivity index (χ2n) is 6.12. The van der Waals surface area contributed by atoms with Crippen molar-refractivity contribution in [1.82, 2.24) is 25.1 Å². The molecule has 3 rings (SSSR count). The Morgan fingerprint density at radius 1 is 1.27 bits per heavy atom. The number of alkyl halides is 2. The summed E-state index contributed by atoms with van der Waals surface area (Å²) in [6.07, 6.45) is -2.75. The average Bonchev–Trinajstić information content (AvgIpc) is 3.10. The number of carbonyl (C=O) groups excluding carboxylic acids is 2. The quantitative estimate of drug-likeness (QED) is 0.839. The molecular formula is C17H21F2N5O2. The Morgan fingerprint density at radius 2 is 2.00 bits per heavy atom. The van der Waals surface area contributed by atoms with Gasteiger partial charge in [0.15, 0.2) is 5.82 Å². The van der Waals surface area contributed by atoms with Crippen LogP contribution in [0.5, 0.6) is 0 Å². The normalized spacial score (nSPS) is 15.6. The van der Waals surface area contributed by atoms with Crippen LogP contribution in [0.2, 0.25) is 0 Å². The molecule has 1 aromatic carbocycles. The molecule has 0 saturated carbocycles. The summed E-state index contributed by atoms with van der Waals surface area (Å²) in [7, 11) is 0. The number of piperazine rings is 1. The highest BCUT2D eigenvalue weighted by Gasteiger charge is 2.22. The summed E-state index contributed by atoms with van der Waals surface area (Å²) in [5.41, 5.74) is 0.688. The number of benzene rings is 1. The van der Waals surface area contributed by atoms with Gasteiger partial charge >= 0.3 is 0 Å². The van der Waals surface area contributed by atoms with Gasteiger partial charge in [-0.05, 0) is 18.7 Å². The Morgan fingerprint density at radius 3 is 2.65 bits per heavy atom. The molecule has 26 heavy (non-hydrogen) atoms. The van der Waals surface area contributed by atoms with E-state index >= 15 is 0 Å². The molecule has 140 valence electrons. The van der Waals surface area contributed by atoms with E-state index in [1.807, 2.05) is 0 Å². The summed E-state index contributed by atoms with van der Waals surface area (Å²) >= 11 is 0. The lowest BCUT2D eigenvalue weighted by Gasteiger charge is -2.34. The summed E-state index contributed by atoms with van der Waals surface area (Å²) in [6, 6.07) is 4.65. The topological polar surface area (TPSA) is 81.3 Å². The van der Waals surface area contributed by atoms with E-state index in [1.165, 1.54) is 6.07 Å². The number of para-hydroxylation sites is 1. The molecule has 1 aliphatic rings. The van der Waals surface area contributed by atoms with Gasteiger partial charge in [0.25, 0.3) is 12.3 Å². The third-order valence-electron chi connectivity index (χ3n) is 4.55. The second-order valence-corrected chi connectivity index (χ2v) is 6.12. The van der Waals surface area contributed by atoms with E-state index in [-0.39, 0.29) is 23.5 Å². The van der Waals surface area contributed by atoms with E-state index in [9.17, 15) is 18.4 Å². The molecule has 0 radical (unpaired) electrons. The zero-order chi connectivity index (χ0) is 18.7. The maximum Gasteiger partial charge on any atom is 0.295 e. The standard InChI is InChI=1S/C17H21F2N5O2/c1-2-23-6-8-24(9-7-23)13(25)10-20-17(26)11-4-3-5-12-14(11)22-16(21-12)15(18)19/h3-5,15H,2,6-10H2,1H3,(H,20,26)(H,21,22). The van der Waals surface area contributed by atoms with Gasteiger partial charge in [-0.1, -0.05) is 13.0 Å². The molecule has 0 spiro atoms. The number of rotatable bonds is 5. The molecule has 2 amide bonds. The Balaban J connectivity index is 1.63. The number of aromatic amines is 1. The van der Waals surface area contributed by atoms with Crippen molar-refractivity contribution in [2.24, 2.45) is 0 Å². The number of amides is 2. The number of H-pyrrole nitrogens is 1. The van der Waals surface area contributed by atoms with Gasteiger partial charge in [-0.3, -0.25) is 9.59 Å². The highest BCUT2D eigenvalue weighted by molar-refractivity contribution is 6.05. The molecule has 1 aliphatic heterocycles. The Bertz CT molecular complexity index is 800. The molecular weight excluding hydrogens is 344 g/mol. The molecule has 9 heteroatoms. The van der Waals surface area contributed by atoms with Crippen LogP contribution in [0.3, 0.4) is 0 Å². The highest BCUT2D eigenvalue weighted by Crippen LogP contribution is 2.22. The van der Waals surface area contributed by atoms with E-state index in [4.69, 9.17) is 0 Å². The monoisotopic (exact) mass is 365 g/mol. The largest absolute Gasteiger partial charge is 0.343 e. The third kappa shape index (κ3) is 3.82. The van der Waals surface area contributed by atoms with Crippen LogP contribution in [0.1, 0.15) is 29.5 Å². The van der Waals surface area contributed by atoms with Crippen LogP contribution in [0, 0.1) is 0 Å². The van der Waals surface area contributed by atoms with E-state index in [0.717, 1.165) is 19.6 Å². The molecule has 0 aliphatic carbocycles. The number of aromatic nitrogens is 2. The lowest BCUT2D eigenvalue weighted by molar-refractivity contribution is -0.131. The number of nitrogens with zero attached hydrogens (tertiary/aromatic N) is 3. The molecule has 0 unspecified atom stereocenters. The van der Waals surface area contributed by atoms with Gasteiger partial charge in [0, 0.05) is 26.2 Å². The summed E-state index contributed by atoms with van der Waals surface area (Å²) in [5.74, 6) is -1.15. The van der Waals surface area contributed by atoms with Gasteiger partial charge in [0.05, 0.1) is 17.6 Å². The van der Waals surface area contributed by atoms with Crippen molar-refractivity contribution in [3.8, 4) is 0 Å². The molecule has 2 N–H and O–H groups in total. The molecule has 1 fully saturated rings. The van der Waals surface area contributed by atoms with E-state index < -0.39 is 18.2 Å². The van der Waals surface area contributed by atoms with E-state index in [2.05, 4.69) is 27.1 Å². The van der Waals surface area contributed by atoms with Crippen molar-refractivity contribution in [3.63, 3.8) is 0 Å². The minimum Gasteiger partial charge on any atom is -0.343 e. The number of halogens is 2. The Kier molecular flexibility index (Phi) is 5.46. The van der Waals surface area contributed by atoms with Crippen molar-refractivity contribution < 1.29 is 18.4 Å². The number of hydrogen-bond donors (Lipinski definition) is 2. The molecule has 1 aromatic heterocycles. The molecule has 0 bridgehead atoms. The maximum atomic E-state index is 12.8. The average molecular weight is 365 g/mol. The summed E-state index contributed by atoms with van der Waals surface area (Å²) < 4.78 is 25.6. The highest BCUT2D eigenvalue weighted by atomic mass is 19.3. The van der Waals surface area contributed by atoms with Gasteiger partial charge in [-0.2, -0.15) is 0 Å². The maximum absolute atomic E-state index is 12.8. The summed E-state index contributed by atoms with van der Waals surface area (Å²) in [4.78, 5) is 34.9. The van der Waals surface area contributed by atoms with Crippen molar-refractivity contribution in [3.05, 3.63) is 29.6 Å². The SMILES string of the molecule is CCN1CCN(C(=O)CNC(=O)c2cccc3[nH]c(C(F)F)nc23)CC1. The van der Waals surface area contributed by atoms with Crippen LogP contribution in [-0.2, 0) is 4.79 Å². The first-order valence-electron chi connectivity index (χ1n) is 8.54. The number of hydrogen-bond acceptors (Lipinski definition) is 4. The van der Waals surface area contributed by atoms with Crippen molar-refractivity contribution in [1.29, 1.82) is 0 Å². The lowest BCUT2D eigenvalue weighted by atomic mass is 10.1. The van der Waals surface area contributed by atoms with Crippen molar-refractivity contribution in [2.75, 3.05) is 39.3 Å². The molecule has 2 heterocycles. The van der Waals surface area contributed by atoms with Crippen LogP contribution < -0.4 is 5.32 Å². The second kappa shape index (κ2) is 7.77. The predicted octanol–water partition coefficient (Wildman–Crippen LogP) is 1.39. The number of likely N-dealkylation sites (N-methyl/N-ethyl adjacent to an activating group) is 1. The minimum atomic E-state index is -2.75. The zero-order valence-corrected chi connectivity index (χ0v) is 14.5. The minimum absolute atomic E-state index is 0.131. The number of fused-ring (bicyclic) bond motifs is 1. The van der Waals surface area contributed by atoms with E-state index in [0.29, 0.717) is 18.6 Å². The lowest BCUT2D eigenvalue weighted by Crippen LogP contribution is -2.51. The van der Waals surface area contributed by atoms with Gasteiger partial charge in [0.2, 0.25) is 5.91 Å². The molecule has 7 nitrogen and oxygen atoms in total. The first-order chi connectivity index (χ1) is 12.5. The fraction of sp³-hybridized carbons (Fsp3) is 0.471. The van der Waals surface area contributed by atoms with Gasteiger partial charge in [0.1, 0.15) is 5.52 Å². The molecule has 2 aromatic rings. The van der Waals surface area contributed by atoms with Gasteiger partial charge < -0.3 is 20.1 Å². The zero-order valence-electron chi connectivity index (χ0n) is 14.5. The van der Waals surface area contributed by atoms with Crippen LogP contribution >= 0.6 is 0 Å². The van der Waals surface area contributed by atoms with Crippen molar-refractivity contribution >= 4 is 22.8 Å². The fourth-order valence-electron chi connectivity index (χ4n) is 3.01. The number of carbonyl (C=O) groups is 2. The van der Waals surface area contributed by atoms with Crippen LogP contribution in [0.15, 0.2) is 18.2 Å². The van der Waals surface area contributed by atoms with Crippen LogP contribution in [-0.4, -0.2) is 70.9 Å². The fourth-order valence-corrected chi connectivity index (χ4v) is 3.01. The van der Waals surface area contributed by atoms with Gasteiger partial charge in [-0.15, -0.1) is 0 Å².